The third-order valence-electron chi connectivity index (χ3n) is 9.02. The van der Waals surface area contributed by atoms with Gasteiger partial charge in [0.05, 0.1) is 29.0 Å². The predicted octanol–water partition coefficient (Wildman–Crippen LogP) is 6.65. The fraction of sp³-hybridized carbons (Fsp3) is 0.378. The Morgan fingerprint density at radius 1 is 1.00 bits per heavy atom. The summed E-state index contributed by atoms with van der Waals surface area (Å²) < 4.78 is 15.8. The molecule has 0 unspecified atom stereocenters. The summed E-state index contributed by atoms with van der Waals surface area (Å²) in [5, 5.41) is 0. The van der Waals surface area contributed by atoms with Crippen LogP contribution in [0.3, 0.4) is 0 Å². The second-order valence-corrected chi connectivity index (χ2v) is 12.9. The molecule has 0 bridgehead atoms. The molecule has 2 aromatic heterocycles. The Labute approximate surface area is 268 Å². The number of benzene rings is 2. The number of fused-ring (bicyclic) bond motifs is 1. The molecule has 234 valence electrons. The number of hydrogen-bond donors (Lipinski definition) is 0. The average molecular weight is 624 g/mol. The molecule has 7 nitrogen and oxygen atoms in total. The molecule has 1 saturated carbocycles. The Balaban J connectivity index is 1.44. The largest absolute Gasteiger partial charge is 0.494 e. The summed E-state index contributed by atoms with van der Waals surface area (Å²) in [4.78, 5) is 32.8. The van der Waals surface area contributed by atoms with Gasteiger partial charge in [-0.1, -0.05) is 60.9 Å². The third-order valence-corrected chi connectivity index (χ3v) is 10.00. The number of hydrogen-bond acceptors (Lipinski definition) is 6. The number of esters is 1. The molecule has 8 heteroatoms. The van der Waals surface area contributed by atoms with Gasteiger partial charge >= 0.3 is 5.97 Å². The van der Waals surface area contributed by atoms with E-state index < -0.39 is 12.0 Å². The summed E-state index contributed by atoms with van der Waals surface area (Å²) in [6, 6.07) is 18.0. The van der Waals surface area contributed by atoms with E-state index in [2.05, 4.69) is 48.7 Å². The summed E-state index contributed by atoms with van der Waals surface area (Å²) >= 11 is 1.33. The highest BCUT2D eigenvalue weighted by Crippen LogP contribution is 2.36. The van der Waals surface area contributed by atoms with Crippen molar-refractivity contribution in [3.8, 4) is 11.4 Å². The molecule has 0 spiro atoms. The van der Waals surface area contributed by atoms with Gasteiger partial charge in [-0.3, -0.25) is 9.36 Å². The van der Waals surface area contributed by atoms with Crippen LogP contribution in [0.1, 0.15) is 92.9 Å². The lowest BCUT2D eigenvalue weighted by Crippen LogP contribution is -2.40. The highest BCUT2D eigenvalue weighted by atomic mass is 32.1. The van der Waals surface area contributed by atoms with E-state index in [1.807, 2.05) is 37.3 Å². The maximum atomic E-state index is 14.2. The lowest BCUT2D eigenvalue weighted by atomic mass is 9.84. The lowest BCUT2D eigenvalue weighted by Gasteiger charge is -2.26. The lowest BCUT2D eigenvalue weighted by molar-refractivity contribution is -0.139. The average Bonchev–Trinajstić information content (AvgIpc) is 3.50. The fourth-order valence-corrected chi connectivity index (χ4v) is 7.92. The smallest absolute Gasteiger partial charge is 0.338 e. The summed E-state index contributed by atoms with van der Waals surface area (Å²) in [6.07, 6.45) is 8.50. The molecule has 4 aromatic rings. The van der Waals surface area contributed by atoms with Crippen molar-refractivity contribution in [3.05, 3.63) is 114 Å². The Kier molecular flexibility index (Phi) is 8.95. The second kappa shape index (κ2) is 13.1. The summed E-state index contributed by atoms with van der Waals surface area (Å²) in [5.74, 6) is 0.801. The van der Waals surface area contributed by atoms with E-state index in [9.17, 15) is 9.59 Å². The van der Waals surface area contributed by atoms with Gasteiger partial charge in [0, 0.05) is 22.6 Å². The van der Waals surface area contributed by atoms with Crippen LogP contribution in [0, 0.1) is 13.8 Å². The summed E-state index contributed by atoms with van der Waals surface area (Å²) in [6.45, 7) is 10.3. The molecule has 0 N–H and O–H groups in total. The molecule has 0 radical (unpaired) electrons. The number of rotatable bonds is 8. The molecule has 2 aliphatic rings. The molecule has 2 aromatic carbocycles. The maximum absolute atomic E-state index is 14.2. The second-order valence-electron chi connectivity index (χ2n) is 11.9. The zero-order chi connectivity index (χ0) is 31.7. The van der Waals surface area contributed by atoms with Crippen molar-refractivity contribution < 1.29 is 14.3 Å². The Hall–Kier alpha value is -4.17. The molecule has 1 fully saturated rings. The van der Waals surface area contributed by atoms with Crippen LogP contribution in [0.2, 0.25) is 0 Å². The first-order valence-electron chi connectivity index (χ1n) is 16.0. The van der Waals surface area contributed by atoms with Crippen LogP contribution >= 0.6 is 11.3 Å². The maximum Gasteiger partial charge on any atom is 0.338 e. The molecule has 1 atom stereocenters. The molecule has 0 saturated heterocycles. The van der Waals surface area contributed by atoms with Gasteiger partial charge in [0.15, 0.2) is 4.80 Å². The van der Waals surface area contributed by atoms with E-state index in [-0.39, 0.29) is 12.2 Å². The monoisotopic (exact) mass is 623 g/mol. The number of ether oxygens (including phenoxy) is 2. The van der Waals surface area contributed by atoms with Crippen molar-refractivity contribution in [2.75, 3.05) is 13.2 Å². The minimum absolute atomic E-state index is 0.203. The number of carbonyl (C=O) groups is 1. The zero-order valence-electron chi connectivity index (χ0n) is 26.8. The fourth-order valence-electron chi connectivity index (χ4n) is 6.88. The van der Waals surface area contributed by atoms with Crippen LogP contribution in [0.25, 0.3) is 11.8 Å². The number of para-hydroxylation sites is 1. The Bertz CT molecular complexity index is 1940. The zero-order valence-corrected chi connectivity index (χ0v) is 27.6. The summed E-state index contributed by atoms with van der Waals surface area (Å²) in [7, 11) is 0. The van der Waals surface area contributed by atoms with Crippen molar-refractivity contribution in [2.24, 2.45) is 4.99 Å². The minimum Gasteiger partial charge on any atom is -0.494 e. The number of carbonyl (C=O) groups excluding carboxylic acids is 1. The number of thiazole rings is 1. The van der Waals surface area contributed by atoms with Crippen molar-refractivity contribution in [1.29, 1.82) is 0 Å². The highest BCUT2D eigenvalue weighted by molar-refractivity contribution is 7.07. The van der Waals surface area contributed by atoms with Gasteiger partial charge in [-0.05, 0) is 94.8 Å². The van der Waals surface area contributed by atoms with E-state index in [1.54, 1.807) is 18.4 Å². The van der Waals surface area contributed by atoms with E-state index in [1.165, 1.54) is 49.0 Å². The molecule has 6 rings (SSSR count). The van der Waals surface area contributed by atoms with Crippen molar-refractivity contribution >= 4 is 23.4 Å². The van der Waals surface area contributed by atoms with Crippen molar-refractivity contribution in [2.45, 2.75) is 78.7 Å². The highest BCUT2D eigenvalue weighted by Gasteiger charge is 2.35. The van der Waals surface area contributed by atoms with Crippen LogP contribution in [0.5, 0.6) is 5.75 Å². The SMILES string of the molecule is CCOC(=O)C1=C(C)N=c2s/c(=C\c3cc(C)n(-c4ccc(C5CCCCC5)cc4)c3C)c(=O)n2[C@@H]1c1ccccc1OCC. The Morgan fingerprint density at radius 3 is 2.44 bits per heavy atom. The molecule has 0 amide bonds. The van der Waals surface area contributed by atoms with Gasteiger partial charge in [-0.2, -0.15) is 0 Å². The van der Waals surface area contributed by atoms with E-state index in [4.69, 9.17) is 14.5 Å². The number of nitrogens with zero attached hydrogens (tertiary/aromatic N) is 3. The quantitative estimate of drug-likeness (QED) is 0.206. The number of aromatic nitrogens is 2. The van der Waals surface area contributed by atoms with Gasteiger partial charge in [0.25, 0.3) is 5.56 Å². The normalized spacial score (nSPS) is 17.3. The first-order valence-corrected chi connectivity index (χ1v) is 16.8. The van der Waals surface area contributed by atoms with Gasteiger partial charge < -0.3 is 14.0 Å². The molecule has 1 aliphatic carbocycles. The number of aryl methyl sites for hydroxylation is 1. The molecule has 45 heavy (non-hydrogen) atoms. The van der Waals surface area contributed by atoms with E-state index >= 15 is 0 Å². The third kappa shape index (κ3) is 5.84. The minimum atomic E-state index is -0.722. The van der Waals surface area contributed by atoms with Crippen molar-refractivity contribution in [1.82, 2.24) is 9.13 Å². The van der Waals surface area contributed by atoms with Gasteiger partial charge in [-0.25, -0.2) is 9.79 Å². The number of allylic oxidation sites excluding steroid dienone is 1. The topological polar surface area (TPSA) is 74.8 Å². The van der Waals surface area contributed by atoms with E-state index in [0.29, 0.717) is 38.9 Å². The van der Waals surface area contributed by atoms with Crippen molar-refractivity contribution in [3.63, 3.8) is 0 Å². The van der Waals surface area contributed by atoms with Crippen LogP contribution in [0.4, 0.5) is 0 Å². The van der Waals surface area contributed by atoms with Crippen LogP contribution in [-0.4, -0.2) is 28.3 Å². The van der Waals surface area contributed by atoms with Gasteiger partial charge in [0.1, 0.15) is 11.8 Å². The molecule has 1 aliphatic heterocycles. The van der Waals surface area contributed by atoms with Crippen LogP contribution < -0.4 is 19.6 Å². The van der Waals surface area contributed by atoms with Crippen LogP contribution in [-0.2, 0) is 9.53 Å². The molecular formula is C37H41N3O4S. The molecule has 3 heterocycles. The standard InChI is InChI=1S/C37H41N3O4S/c1-6-43-31-16-12-11-15-30(31)34-33(36(42)44-7-2)24(4)38-37-40(34)35(41)32(45-37)22-28-21-23(3)39(25(28)5)29-19-17-27(18-20-29)26-13-9-8-10-14-26/h11-12,15-22,26,34H,6-10,13-14H2,1-5H3/b32-22-/t34-/m1/s1. The first-order chi connectivity index (χ1) is 21.8. The molecular weight excluding hydrogens is 582 g/mol. The first kappa shape index (κ1) is 30.8. The predicted molar refractivity (Wildman–Crippen MR) is 179 cm³/mol. The van der Waals surface area contributed by atoms with Gasteiger partial charge in [0.2, 0.25) is 0 Å². The summed E-state index contributed by atoms with van der Waals surface area (Å²) in [5.41, 5.74) is 7.08. The van der Waals surface area contributed by atoms with Crippen LogP contribution in [0.15, 0.2) is 75.7 Å². The Morgan fingerprint density at radius 2 is 1.73 bits per heavy atom. The van der Waals surface area contributed by atoms with Gasteiger partial charge in [-0.15, -0.1) is 0 Å². The van der Waals surface area contributed by atoms with E-state index in [0.717, 1.165) is 28.2 Å².